The Morgan fingerprint density at radius 1 is 1.48 bits per heavy atom. The topological polar surface area (TPSA) is 70.8 Å². The van der Waals surface area contributed by atoms with E-state index in [1.165, 1.54) is 10.7 Å². The first-order valence-electron chi connectivity index (χ1n) is 6.99. The number of fused-ring (bicyclic) bond motifs is 1. The van der Waals surface area contributed by atoms with Gasteiger partial charge in [-0.2, -0.15) is 5.10 Å². The summed E-state index contributed by atoms with van der Waals surface area (Å²) in [4.78, 5) is 31.5. The maximum atomic E-state index is 12.4. The first kappa shape index (κ1) is 13.5. The third kappa shape index (κ3) is 2.58. The van der Waals surface area contributed by atoms with E-state index in [4.69, 9.17) is 0 Å². The third-order valence-corrected chi connectivity index (χ3v) is 3.72. The van der Waals surface area contributed by atoms with Crippen LogP contribution in [0.2, 0.25) is 0 Å². The van der Waals surface area contributed by atoms with Gasteiger partial charge >= 0.3 is 0 Å². The highest BCUT2D eigenvalue weighted by molar-refractivity contribution is 5.93. The van der Waals surface area contributed by atoms with E-state index in [0.717, 1.165) is 13.0 Å². The van der Waals surface area contributed by atoms with E-state index in [2.05, 4.69) is 10.1 Å². The van der Waals surface area contributed by atoms with Crippen molar-refractivity contribution < 1.29 is 9.59 Å². The fourth-order valence-electron chi connectivity index (χ4n) is 2.48. The SMILES string of the molecule is CN(CCN1CCCC1=O)C(=O)c1cnc2cccnn12. The Hall–Kier alpha value is -2.44. The van der Waals surface area contributed by atoms with Crippen LogP contribution >= 0.6 is 0 Å². The van der Waals surface area contributed by atoms with Gasteiger partial charge in [0, 0.05) is 39.3 Å². The minimum Gasteiger partial charge on any atom is -0.341 e. The number of aromatic nitrogens is 3. The molecule has 3 rings (SSSR count). The molecule has 3 heterocycles. The third-order valence-electron chi connectivity index (χ3n) is 3.72. The normalized spacial score (nSPS) is 14.9. The van der Waals surface area contributed by atoms with Crippen LogP contribution in [0, 0.1) is 0 Å². The molecule has 1 saturated heterocycles. The largest absolute Gasteiger partial charge is 0.341 e. The summed E-state index contributed by atoms with van der Waals surface area (Å²) in [5, 5.41) is 4.14. The van der Waals surface area contributed by atoms with Gasteiger partial charge in [0.25, 0.3) is 5.91 Å². The average Bonchev–Trinajstić information content (AvgIpc) is 3.10. The Kier molecular flexibility index (Phi) is 3.55. The molecule has 0 aromatic carbocycles. The van der Waals surface area contributed by atoms with Gasteiger partial charge in [-0.3, -0.25) is 9.59 Å². The van der Waals surface area contributed by atoms with E-state index in [-0.39, 0.29) is 11.8 Å². The first-order chi connectivity index (χ1) is 10.2. The summed E-state index contributed by atoms with van der Waals surface area (Å²) in [5.41, 5.74) is 1.07. The van der Waals surface area contributed by atoms with E-state index in [0.29, 0.717) is 30.9 Å². The van der Waals surface area contributed by atoms with Gasteiger partial charge in [0.15, 0.2) is 11.3 Å². The molecule has 0 unspecified atom stereocenters. The maximum absolute atomic E-state index is 12.4. The molecule has 21 heavy (non-hydrogen) atoms. The lowest BCUT2D eigenvalue weighted by atomic mass is 10.4. The molecule has 0 atom stereocenters. The second-order valence-corrected chi connectivity index (χ2v) is 5.15. The first-order valence-corrected chi connectivity index (χ1v) is 6.99. The van der Waals surface area contributed by atoms with Crippen LogP contribution in [0.15, 0.2) is 24.5 Å². The van der Waals surface area contributed by atoms with E-state index in [1.807, 2.05) is 0 Å². The average molecular weight is 287 g/mol. The second kappa shape index (κ2) is 5.51. The predicted octanol–water partition coefficient (Wildman–Crippen LogP) is 0.424. The van der Waals surface area contributed by atoms with Gasteiger partial charge < -0.3 is 9.80 Å². The van der Waals surface area contributed by atoms with Gasteiger partial charge in [0.05, 0.1) is 6.20 Å². The summed E-state index contributed by atoms with van der Waals surface area (Å²) in [5.74, 6) is 0.0279. The molecular weight excluding hydrogens is 270 g/mol. The van der Waals surface area contributed by atoms with Crippen molar-refractivity contribution in [3.8, 4) is 0 Å². The molecule has 2 amide bonds. The highest BCUT2D eigenvalue weighted by Gasteiger charge is 2.22. The zero-order valence-electron chi connectivity index (χ0n) is 11.9. The molecule has 2 aromatic rings. The molecule has 0 aliphatic carbocycles. The van der Waals surface area contributed by atoms with Crippen molar-refractivity contribution in [1.29, 1.82) is 0 Å². The van der Waals surface area contributed by atoms with Crippen molar-refractivity contribution in [1.82, 2.24) is 24.4 Å². The minimum absolute atomic E-state index is 0.146. The molecular formula is C14H17N5O2. The molecule has 1 aliphatic rings. The lowest BCUT2D eigenvalue weighted by Gasteiger charge is -2.21. The van der Waals surface area contributed by atoms with Crippen molar-refractivity contribution in [2.45, 2.75) is 12.8 Å². The van der Waals surface area contributed by atoms with Gasteiger partial charge in [0.2, 0.25) is 5.91 Å². The molecule has 7 heteroatoms. The zero-order chi connectivity index (χ0) is 14.8. The van der Waals surface area contributed by atoms with Crippen LogP contribution in [0.5, 0.6) is 0 Å². The van der Waals surface area contributed by atoms with E-state index < -0.39 is 0 Å². The summed E-state index contributed by atoms with van der Waals surface area (Å²) in [7, 11) is 1.73. The van der Waals surface area contributed by atoms with Gasteiger partial charge in [-0.25, -0.2) is 9.50 Å². The lowest BCUT2D eigenvalue weighted by Crippen LogP contribution is -2.37. The molecule has 0 bridgehead atoms. The fourth-order valence-corrected chi connectivity index (χ4v) is 2.48. The Morgan fingerprint density at radius 3 is 3.10 bits per heavy atom. The molecule has 0 spiro atoms. The fraction of sp³-hybridized carbons (Fsp3) is 0.429. The Morgan fingerprint density at radius 2 is 2.33 bits per heavy atom. The van der Waals surface area contributed by atoms with Crippen LogP contribution in [-0.4, -0.2) is 62.9 Å². The smallest absolute Gasteiger partial charge is 0.274 e. The number of imidazole rings is 1. The van der Waals surface area contributed by atoms with Crippen molar-refractivity contribution >= 4 is 17.5 Å². The van der Waals surface area contributed by atoms with Crippen molar-refractivity contribution in [2.75, 3.05) is 26.7 Å². The summed E-state index contributed by atoms with van der Waals surface area (Å²) in [6.45, 7) is 1.87. The molecule has 0 saturated carbocycles. The summed E-state index contributed by atoms with van der Waals surface area (Å²) < 4.78 is 1.53. The van der Waals surface area contributed by atoms with E-state index >= 15 is 0 Å². The Balaban J connectivity index is 1.68. The molecule has 1 fully saturated rings. The second-order valence-electron chi connectivity index (χ2n) is 5.15. The monoisotopic (exact) mass is 287 g/mol. The quantitative estimate of drug-likeness (QED) is 0.817. The number of carbonyl (C=O) groups is 2. The summed E-state index contributed by atoms with van der Waals surface area (Å²) in [6, 6.07) is 3.58. The maximum Gasteiger partial charge on any atom is 0.274 e. The van der Waals surface area contributed by atoms with Crippen LogP contribution in [-0.2, 0) is 4.79 Å². The molecule has 1 aliphatic heterocycles. The molecule has 110 valence electrons. The van der Waals surface area contributed by atoms with Crippen LogP contribution in [0.3, 0.4) is 0 Å². The number of hydrogen-bond acceptors (Lipinski definition) is 4. The van der Waals surface area contributed by atoms with E-state index in [9.17, 15) is 9.59 Å². The summed E-state index contributed by atoms with van der Waals surface area (Å²) in [6.07, 6.45) is 4.68. The lowest BCUT2D eigenvalue weighted by molar-refractivity contribution is -0.127. The van der Waals surface area contributed by atoms with Gasteiger partial charge in [0.1, 0.15) is 0 Å². The Labute approximate surface area is 122 Å². The number of amides is 2. The van der Waals surface area contributed by atoms with E-state index in [1.54, 1.807) is 35.2 Å². The Bertz CT molecular complexity index is 681. The highest BCUT2D eigenvalue weighted by Crippen LogP contribution is 2.10. The predicted molar refractivity (Wildman–Crippen MR) is 75.8 cm³/mol. The molecule has 2 aromatic heterocycles. The number of likely N-dealkylation sites (N-methyl/N-ethyl adjacent to an activating group) is 1. The van der Waals surface area contributed by atoms with Crippen molar-refractivity contribution in [2.24, 2.45) is 0 Å². The van der Waals surface area contributed by atoms with Gasteiger partial charge in [-0.1, -0.05) is 0 Å². The van der Waals surface area contributed by atoms with Crippen molar-refractivity contribution in [3.05, 3.63) is 30.2 Å². The standard InChI is InChI=1S/C14H17N5O2/c1-17(8-9-18-7-3-5-13(18)20)14(21)11-10-15-12-4-2-6-16-19(11)12/h2,4,6,10H,3,5,7-9H2,1H3. The number of likely N-dealkylation sites (tertiary alicyclic amines) is 1. The number of hydrogen-bond donors (Lipinski definition) is 0. The van der Waals surface area contributed by atoms with Crippen LogP contribution in [0.25, 0.3) is 5.65 Å². The number of rotatable bonds is 4. The van der Waals surface area contributed by atoms with Crippen LogP contribution in [0.4, 0.5) is 0 Å². The molecule has 0 N–H and O–H groups in total. The van der Waals surface area contributed by atoms with Crippen LogP contribution in [0.1, 0.15) is 23.3 Å². The minimum atomic E-state index is -0.146. The highest BCUT2D eigenvalue weighted by atomic mass is 16.2. The van der Waals surface area contributed by atoms with Gasteiger partial charge in [-0.05, 0) is 18.6 Å². The van der Waals surface area contributed by atoms with Gasteiger partial charge in [-0.15, -0.1) is 0 Å². The number of carbonyl (C=O) groups excluding carboxylic acids is 2. The summed E-state index contributed by atoms with van der Waals surface area (Å²) >= 11 is 0. The zero-order valence-corrected chi connectivity index (χ0v) is 11.9. The van der Waals surface area contributed by atoms with Crippen LogP contribution < -0.4 is 0 Å². The van der Waals surface area contributed by atoms with Crippen molar-refractivity contribution in [3.63, 3.8) is 0 Å². The number of nitrogens with zero attached hydrogens (tertiary/aromatic N) is 5. The molecule has 7 nitrogen and oxygen atoms in total. The molecule has 0 radical (unpaired) electrons.